The zero-order valence-corrected chi connectivity index (χ0v) is 12.7. The van der Waals surface area contributed by atoms with Crippen molar-refractivity contribution in [3.05, 3.63) is 23.8 Å². The summed E-state index contributed by atoms with van der Waals surface area (Å²) in [6.45, 7) is 6.74. The monoisotopic (exact) mass is 292 g/mol. The van der Waals surface area contributed by atoms with Crippen LogP contribution in [0.4, 0.5) is 0 Å². The van der Waals surface area contributed by atoms with Crippen molar-refractivity contribution in [1.82, 2.24) is 10.2 Å². The van der Waals surface area contributed by atoms with Gasteiger partial charge in [-0.2, -0.15) is 0 Å². The molecule has 1 saturated heterocycles. The minimum atomic E-state index is -0.258. The summed E-state index contributed by atoms with van der Waals surface area (Å²) >= 11 is 0. The van der Waals surface area contributed by atoms with E-state index in [2.05, 4.69) is 5.32 Å². The molecule has 1 heterocycles. The highest BCUT2D eigenvalue weighted by molar-refractivity contribution is 5.95. The molecule has 0 saturated carbocycles. The van der Waals surface area contributed by atoms with Gasteiger partial charge in [-0.05, 0) is 63.9 Å². The van der Waals surface area contributed by atoms with E-state index < -0.39 is 0 Å². The van der Waals surface area contributed by atoms with Crippen LogP contribution in [-0.4, -0.2) is 46.7 Å². The molecule has 0 unspecified atom stereocenters. The molecule has 5 nitrogen and oxygen atoms in total. The van der Waals surface area contributed by atoms with Gasteiger partial charge in [-0.3, -0.25) is 4.79 Å². The van der Waals surface area contributed by atoms with Gasteiger partial charge in [0.2, 0.25) is 0 Å². The highest BCUT2D eigenvalue weighted by atomic mass is 16.3. The van der Waals surface area contributed by atoms with Gasteiger partial charge in [0.15, 0.2) is 11.5 Å². The summed E-state index contributed by atoms with van der Waals surface area (Å²) in [5, 5.41) is 22.2. The average Bonchev–Trinajstić information content (AvgIpc) is 2.47. The number of nitrogens with zero attached hydrogens (tertiary/aromatic N) is 1. The van der Waals surface area contributed by atoms with Crippen LogP contribution in [0.5, 0.6) is 11.5 Å². The van der Waals surface area contributed by atoms with Crippen molar-refractivity contribution in [3.63, 3.8) is 0 Å². The van der Waals surface area contributed by atoms with Gasteiger partial charge in [0, 0.05) is 18.2 Å². The number of piperidine rings is 1. The number of phenols is 2. The quantitative estimate of drug-likeness (QED) is 0.742. The lowest BCUT2D eigenvalue weighted by Crippen LogP contribution is -2.42. The normalized spacial score (nSPS) is 16.1. The van der Waals surface area contributed by atoms with Crippen LogP contribution in [0, 0.1) is 5.92 Å². The van der Waals surface area contributed by atoms with Crippen LogP contribution in [0.3, 0.4) is 0 Å². The first-order valence-electron chi connectivity index (χ1n) is 7.52. The van der Waals surface area contributed by atoms with Crippen molar-refractivity contribution in [2.45, 2.75) is 32.7 Å². The predicted octanol–water partition coefficient (Wildman–Crippen LogP) is 1.95. The molecule has 1 fully saturated rings. The summed E-state index contributed by atoms with van der Waals surface area (Å²) in [4.78, 5) is 14.5. The van der Waals surface area contributed by atoms with Gasteiger partial charge in [-0.1, -0.05) is 0 Å². The molecule has 0 radical (unpaired) electrons. The second-order valence-corrected chi connectivity index (χ2v) is 5.95. The summed E-state index contributed by atoms with van der Waals surface area (Å²) in [5.74, 6) is -0.0467. The topological polar surface area (TPSA) is 72.8 Å². The Morgan fingerprint density at radius 1 is 1.29 bits per heavy atom. The van der Waals surface area contributed by atoms with Crippen LogP contribution < -0.4 is 5.32 Å². The van der Waals surface area contributed by atoms with E-state index in [1.165, 1.54) is 12.1 Å². The smallest absolute Gasteiger partial charge is 0.254 e. The Bertz CT molecular complexity index is 496. The van der Waals surface area contributed by atoms with E-state index >= 15 is 0 Å². The molecule has 0 spiro atoms. The van der Waals surface area contributed by atoms with E-state index in [1.54, 1.807) is 6.07 Å². The Hall–Kier alpha value is -1.75. The van der Waals surface area contributed by atoms with Gasteiger partial charge >= 0.3 is 0 Å². The molecule has 2 rings (SSSR count). The van der Waals surface area contributed by atoms with Crippen LogP contribution in [-0.2, 0) is 0 Å². The molecule has 21 heavy (non-hydrogen) atoms. The molecule has 1 amide bonds. The lowest BCUT2D eigenvalue weighted by atomic mass is 9.96. The Morgan fingerprint density at radius 2 is 1.95 bits per heavy atom. The maximum atomic E-state index is 12.6. The molecular weight excluding hydrogens is 268 g/mol. The van der Waals surface area contributed by atoms with Gasteiger partial charge in [0.05, 0.1) is 0 Å². The highest BCUT2D eigenvalue weighted by Crippen LogP contribution is 2.26. The molecule has 116 valence electrons. The third-order valence-corrected chi connectivity index (χ3v) is 4.02. The minimum Gasteiger partial charge on any atom is -0.504 e. The number of aromatic hydroxyl groups is 2. The number of carbonyl (C=O) groups excluding carboxylic acids is 1. The molecular formula is C16H24N2O3. The molecule has 5 heteroatoms. The molecule has 0 bridgehead atoms. The zero-order valence-electron chi connectivity index (χ0n) is 12.7. The zero-order chi connectivity index (χ0) is 15.4. The number of amides is 1. The third kappa shape index (κ3) is 3.88. The number of nitrogens with one attached hydrogen (secondary N) is 1. The average molecular weight is 292 g/mol. The van der Waals surface area contributed by atoms with E-state index in [4.69, 9.17) is 0 Å². The molecule has 0 atom stereocenters. The van der Waals surface area contributed by atoms with Gasteiger partial charge in [-0.25, -0.2) is 0 Å². The van der Waals surface area contributed by atoms with Crippen molar-refractivity contribution in [1.29, 1.82) is 0 Å². The van der Waals surface area contributed by atoms with Gasteiger partial charge in [-0.15, -0.1) is 0 Å². The highest BCUT2D eigenvalue weighted by Gasteiger charge is 2.24. The lowest BCUT2D eigenvalue weighted by Gasteiger charge is -2.33. The predicted molar refractivity (Wildman–Crippen MR) is 81.5 cm³/mol. The third-order valence-electron chi connectivity index (χ3n) is 4.02. The van der Waals surface area contributed by atoms with Crippen molar-refractivity contribution in [2.75, 3.05) is 19.6 Å². The molecule has 1 aliphatic rings. The molecule has 1 aliphatic heterocycles. The lowest BCUT2D eigenvalue weighted by molar-refractivity contribution is 0.0657. The maximum absolute atomic E-state index is 12.6. The first kappa shape index (κ1) is 15.6. The number of phenolic OH excluding ortho intramolecular Hbond substituents is 2. The number of carbonyl (C=O) groups is 1. The van der Waals surface area contributed by atoms with E-state index in [9.17, 15) is 15.0 Å². The minimum absolute atomic E-state index is 0.0983. The molecule has 1 aromatic rings. The van der Waals surface area contributed by atoms with Crippen LogP contribution in [0.25, 0.3) is 0 Å². The van der Waals surface area contributed by atoms with Gasteiger partial charge in [0.25, 0.3) is 5.91 Å². The maximum Gasteiger partial charge on any atom is 0.254 e. The van der Waals surface area contributed by atoms with Crippen LogP contribution in [0.2, 0.25) is 0 Å². The van der Waals surface area contributed by atoms with E-state index in [1.807, 2.05) is 18.7 Å². The summed E-state index contributed by atoms with van der Waals surface area (Å²) in [5.41, 5.74) is 0.410. The van der Waals surface area contributed by atoms with Crippen molar-refractivity contribution >= 4 is 5.91 Å². The van der Waals surface area contributed by atoms with Crippen LogP contribution in [0.1, 0.15) is 37.0 Å². The number of benzene rings is 1. The van der Waals surface area contributed by atoms with Crippen LogP contribution >= 0.6 is 0 Å². The van der Waals surface area contributed by atoms with Crippen molar-refractivity contribution < 1.29 is 15.0 Å². The number of hydrogen-bond donors (Lipinski definition) is 3. The Labute approximate surface area is 125 Å². The fourth-order valence-electron chi connectivity index (χ4n) is 2.69. The number of hydrogen-bond acceptors (Lipinski definition) is 4. The first-order valence-corrected chi connectivity index (χ1v) is 7.52. The number of rotatable bonds is 4. The second-order valence-electron chi connectivity index (χ2n) is 5.95. The second kappa shape index (κ2) is 6.80. The Morgan fingerprint density at radius 3 is 2.52 bits per heavy atom. The van der Waals surface area contributed by atoms with E-state index in [-0.39, 0.29) is 23.4 Å². The van der Waals surface area contributed by atoms with Crippen molar-refractivity contribution in [2.24, 2.45) is 5.92 Å². The van der Waals surface area contributed by atoms with Gasteiger partial charge in [0.1, 0.15) is 0 Å². The molecule has 0 aromatic heterocycles. The summed E-state index contributed by atoms with van der Waals surface area (Å²) in [6.07, 6.45) is 2.16. The first-order chi connectivity index (χ1) is 9.99. The summed E-state index contributed by atoms with van der Waals surface area (Å²) < 4.78 is 0. The summed E-state index contributed by atoms with van der Waals surface area (Å²) in [7, 11) is 0. The summed E-state index contributed by atoms with van der Waals surface area (Å²) in [6, 6.07) is 4.33. The van der Waals surface area contributed by atoms with Crippen molar-refractivity contribution in [3.8, 4) is 11.5 Å². The SMILES string of the molecule is CC(C)N(CC1CCNCC1)C(=O)c1ccc(O)c(O)c1. The Balaban J connectivity index is 2.12. The van der Waals surface area contributed by atoms with E-state index in [0.717, 1.165) is 32.5 Å². The molecule has 3 N–H and O–H groups in total. The fourth-order valence-corrected chi connectivity index (χ4v) is 2.69. The van der Waals surface area contributed by atoms with E-state index in [0.29, 0.717) is 11.5 Å². The Kier molecular flexibility index (Phi) is 5.07. The largest absolute Gasteiger partial charge is 0.504 e. The van der Waals surface area contributed by atoms with Gasteiger partial charge < -0.3 is 20.4 Å². The molecule has 0 aliphatic carbocycles. The molecule has 1 aromatic carbocycles. The fraction of sp³-hybridized carbons (Fsp3) is 0.562. The van der Waals surface area contributed by atoms with Crippen LogP contribution in [0.15, 0.2) is 18.2 Å². The standard InChI is InChI=1S/C16H24N2O3/c1-11(2)18(10-12-5-7-17-8-6-12)16(21)13-3-4-14(19)15(20)9-13/h3-4,9,11-12,17,19-20H,5-8,10H2,1-2H3.